The zero-order chi connectivity index (χ0) is 20.2. The number of hydrogen-bond acceptors (Lipinski definition) is 10. The first kappa shape index (κ1) is 22.2. The maximum absolute atomic E-state index is 14.8. The van der Waals surface area contributed by atoms with Crippen molar-refractivity contribution >= 4 is 17.9 Å². The number of nitrogens with two attached hydrogens (primary N) is 2. The number of aliphatic hydroxyl groups is 1. The normalized spacial score (nSPS) is 33.7. The van der Waals surface area contributed by atoms with Gasteiger partial charge in [0, 0.05) is 13.8 Å². The van der Waals surface area contributed by atoms with Crippen LogP contribution in [0.15, 0.2) is 0 Å². The molecule has 1 rings (SSSR count). The highest BCUT2D eigenvalue weighted by atomic mass is 19.2. The SMILES string of the molecule is COC(=O)C1(F)OC([C@H](OC(C)=O)[C@@H](CO)OC(C)=O)C(N)C(N)C1F. The Hall–Kier alpha value is -1.89. The minimum Gasteiger partial charge on any atom is -0.465 e. The molecule has 0 saturated carbocycles. The van der Waals surface area contributed by atoms with Gasteiger partial charge in [-0.25, -0.2) is 9.18 Å². The number of rotatable bonds is 6. The summed E-state index contributed by atoms with van der Waals surface area (Å²) in [6.07, 6.45) is -7.62. The average Bonchev–Trinajstić information content (AvgIpc) is 2.58. The lowest BCUT2D eigenvalue weighted by atomic mass is 9.87. The van der Waals surface area contributed by atoms with Crippen LogP contribution in [0, 0.1) is 0 Å². The fraction of sp³-hybridized carbons (Fsp3) is 0.786. The molecule has 1 heterocycles. The molecule has 1 fully saturated rings. The number of carbonyl (C=O) groups excluding carboxylic acids is 3. The number of alkyl halides is 2. The van der Waals surface area contributed by atoms with Gasteiger partial charge in [-0.15, -0.1) is 0 Å². The number of esters is 3. The molecule has 150 valence electrons. The van der Waals surface area contributed by atoms with Crippen molar-refractivity contribution in [3.63, 3.8) is 0 Å². The van der Waals surface area contributed by atoms with Gasteiger partial charge < -0.3 is 35.5 Å². The highest BCUT2D eigenvalue weighted by molar-refractivity contribution is 5.79. The molecule has 0 spiro atoms. The van der Waals surface area contributed by atoms with Crippen molar-refractivity contribution < 1.29 is 47.2 Å². The van der Waals surface area contributed by atoms with E-state index in [9.17, 15) is 28.3 Å². The number of ether oxygens (including phenoxy) is 4. The highest BCUT2D eigenvalue weighted by Gasteiger charge is 2.62. The van der Waals surface area contributed by atoms with Crippen LogP contribution in [0.2, 0.25) is 0 Å². The second kappa shape index (κ2) is 8.66. The maximum atomic E-state index is 14.8. The lowest BCUT2D eigenvalue weighted by molar-refractivity contribution is -0.278. The number of methoxy groups -OCH3 is 1. The van der Waals surface area contributed by atoms with E-state index >= 15 is 0 Å². The van der Waals surface area contributed by atoms with Gasteiger partial charge in [-0.2, -0.15) is 4.39 Å². The van der Waals surface area contributed by atoms with Crippen LogP contribution >= 0.6 is 0 Å². The number of halogens is 2. The van der Waals surface area contributed by atoms with Crippen LogP contribution in [-0.4, -0.2) is 79.2 Å². The first-order valence-corrected chi connectivity index (χ1v) is 7.55. The van der Waals surface area contributed by atoms with Gasteiger partial charge in [0.25, 0.3) is 0 Å². The quantitative estimate of drug-likeness (QED) is 0.347. The topological polar surface area (TPSA) is 160 Å². The summed E-state index contributed by atoms with van der Waals surface area (Å²) in [4.78, 5) is 34.2. The molecule has 5 unspecified atom stereocenters. The third kappa shape index (κ3) is 4.44. The summed E-state index contributed by atoms with van der Waals surface area (Å²) in [6.45, 7) is 1.12. The van der Waals surface area contributed by atoms with Crippen LogP contribution in [-0.2, 0) is 33.3 Å². The van der Waals surface area contributed by atoms with Crippen molar-refractivity contribution in [2.45, 2.75) is 56.3 Å². The molecule has 1 saturated heterocycles. The molecular formula is C14H22F2N2O8. The smallest absolute Gasteiger partial charge is 0.375 e. The van der Waals surface area contributed by atoms with Crippen molar-refractivity contribution in [1.82, 2.24) is 0 Å². The highest BCUT2D eigenvalue weighted by Crippen LogP contribution is 2.36. The molecule has 10 nitrogen and oxygen atoms in total. The van der Waals surface area contributed by atoms with Crippen LogP contribution in [0.5, 0.6) is 0 Å². The molecule has 0 aromatic rings. The zero-order valence-corrected chi connectivity index (χ0v) is 14.4. The van der Waals surface area contributed by atoms with Crippen molar-refractivity contribution in [1.29, 1.82) is 0 Å². The van der Waals surface area contributed by atoms with E-state index in [4.69, 9.17) is 25.7 Å². The predicted molar refractivity (Wildman–Crippen MR) is 79.8 cm³/mol. The fourth-order valence-electron chi connectivity index (χ4n) is 2.56. The Labute approximate surface area is 147 Å². The summed E-state index contributed by atoms with van der Waals surface area (Å²) >= 11 is 0. The van der Waals surface area contributed by atoms with Gasteiger partial charge in [0.1, 0.15) is 6.10 Å². The summed E-state index contributed by atoms with van der Waals surface area (Å²) in [7, 11) is 0.799. The predicted octanol–water partition coefficient (Wildman–Crippen LogP) is -1.93. The van der Waals surface area contributed by atoms with Gasteiger partial charge in [-0.3, -0.25) is 9.59 Å². The summed E-state index contributed by atoms with van der Waals surface area (Å²) in [5, 5.41) is 9.42. The van der Waals surface area contributed by atoms with Gasteiger partial charge in [-0.05, 0) is 0 Å². The Morgan fingerprint density at radius 3 is 2.15 bits per heavy atom. The first-order chi connectivity index (χ1) is 12.0. The van der Waals surface area contributed by atoms with Gasteiger partial charge in [0.05, 0.1) is 25.8 Å². The van der Waals surface area contributed by atoms with E-state index in [-0.39, 0.29) is 0 Å². The van der Waals surface area contributed by atoms with Crippen molar-refractivity contribution in [3.05, 3.63) is 0 Å². The molecule has 0 bridgehead atoms. The zero-order valence-electron chi connectivity index (χ0n) is 14.4. The summed E-state index contributed by atoms with van der Waals surface area (Å²) < 4.78 is 47.9. The van der Waals surface area contributed by atoms with E-state index < -0.39 is 66.9 Å². The lowest BCUT2D eigenvalue weighted by Gasteiger charge is -2.45. The first-order valence-electron chi connectivity index (χ1n) is 7.55. The molecule has 0 radical (unpaired) electrons. The molecular weight excluding hydrogens is 362 g/mol. The minimum absolute atomic E-state index is 0.799. The molecule has 0 aliphatic carbocycles. The van der Waals surface area contributed by atoms with Gasteiger partial charge in [0.2, 0.25) is 0 Å². The average molecular weight is 384 g/mol. The summed E-state index contributed by atoms with van der Waals surface area (Å²) in [5.41, 5.74) is 11.3. The Morgan fingerprint density at radius 1 is 1.19 bits per heavy atom. The molecule has 12 heteroatoms. The number of carbonyl (C=O) groups is 3. The van der Waals surface area contributed by atoms with Crippen molar-refractivity contribution in [3.8, 4) is 0 Å². The van der Waals surface area contributed by atoms with E-state index in [0.29, 0.717) is 0 Å². The Morgan fingerprint density at radius 2 is 1.73 bits per heavy atom. The lowest BCUT2D eigenvalue weighted by Crippen LogP contribution is -2.72. The molecule has 5 N–H and O–H groups in total. The minimum atomic E-state index is -3.64. The van der Waals surface area contributed by atoms with Crippen LogP contribution in [0.25, 0.3) is 0 Å². The van der Waals surface area contributed by atoms with E-state index in [0.717, 1.165) is 21.0 Å². The maximum Gasteiger partial charge on any atom is 0.375 e. The monoisotopic (exact) mass is 384 g/mol. The van der Waals surface area contributed by atoms with Crippen molar-refractivity contribution in [2.24, 2.45) is 11.5 Å². The number of hydrogen-bond donors (Lipinski definition) is 3. The molecule has 1 aliphatic rings. The molecule has 0 aromatic heterocycles. The summed E-state index contributed by atoms with van der Waals surface area (Å²) in [6, 6.07) is -3.24. The van der Waals surface area contributed by atoms with E-state index in [1.54, 1.807) is 0 Å². The Kier molecular flexibility index (Phi) is 7.38. The van der Waals surface area contributed by atoms with Gasteiger partial charge in [0.15, 0.2) is 18.4 Å². The molecule has 0 aromatic carbocycles. The standard InChI is InChI=1S/C14H22F2N2O8/c1-5(20)24-7(4-19)10(25-6(2)21)11-8(17)9(18)12(15)14(16,26-11)13(22)23-3/h7-12,19H,4,17-18H2,1-3H3/t7-,8?,9?,10-,11?,12?,14?/m1/s1. The van der Waals surface area contributed by atoms with Crippen molar-refractivity contribution in [2.75, 3.05) is 13.7 Å². The van der Waals surface area contributed by atoms with Gasteiger partial charge >= 0.3 is 23.8 Å². The van der Waals surface area contributed by atoms with E-state index in [1.165, 1.54) is 0 Å². The molecule has 26 heavy (non-hydrogen) atoms. The molecule has 0 amide bonds. The molecule has 1 aliphatic heterocycles. The van der Waals surface area contributed by atoms with Crippen LogP contribution in [0.1, 0.15) is 13.8 Å². The third-order valence-corrected chi connectivity index (χ3v) is 3.78. The fourth-order valence-corrected chi connectivity index (χ4v) is 2.56. The van der Waals surface area contributed by atoms with E-state index in [1.807, 2.05) is 0 Å². The third-order valence-electron chi connectivity index (χ3n) is 3.78. The second-order valence-electron chi connectivity index (χ2n) is 5.68. The van der Waals surface area contributed by atoms with E-state index in [2.05, 4.69) is 4.74 Å². The Bertz CT molecular complexity index is 551. The largest absolute Gasteiger partial charge is 0.465 e. The number of aliphatic hydroxyl groups excluding tert-OH is 1. The van der Waals surface area contributed by atoms with Crippen LogP contribution in [0.4, 0.5) is 8.78 Å². The van der Waals surface area contributed by atoms with Crippen LogP contribution in [0.3, 0.4) is 0 Å². The summed E-state index contributed by atoms with van der Waals surface area (Å²) in [5.74, 6) is -7.14. The second-order valence-corrected chi connectivity index (χ2v) is 5.68. The van der Waals surface area contributed by atoms with Gasteiger partial charge in [-0.1, -0.05) is 0 Å². The molecule has 7 atom stereocenters. The van der Waals surface area contributed by atoms with Crippen LogP contribution < -0.4 is 11.5 Å². The Balaban J connectivity index is 3.30.